The smallest absolute Gasteiger partial charge is 0.274 e. The van der Waals surface area contributed by atoms with E-state index in [4.69, 9.17) is 0 Å². The second-order valence-corrected chi connectivity index (χ2v) is 5.95. The van der Waals surface area contributed by atoms with E-state index >= 15 is 0 Å². The molecule has 0 aliphatic carbocycles. The summed E-state index contributed by atoms with van der Waals surface area (Å²) in [5.41, 5.74) is 1.89. The fourth-order valence-electron chi connectivity index (χ4n) is 2.55. The fraction of sp³-hybridized carbons (Fsp3) is 0.227. The average Bonchev–Trinajstić information content (AvgIpc) is 3.14. The molecule has 0 bridgehead atoms. The van der Waals surface area contributed by atoms with Gasteiger partial charge < -0.3 is 10.4 Å². The molecule has 0 amide bonds. The standard InChI is InChI=1S/C20H21N5O2.C2H6/c1-3-4-5-6-7-11-18-23-20-22-15(12-19(27)25(20)24-18)13-21-16-9-8-10-17(26)14(16)2;1-2/h3-10,12,21,26H,1,11,13H2,2H3,(H,22,23,24);1-2H3/b5-4-,7-6-;. The average molecular weight is 393 g/mol. The monoisotopic (exact) mass is 393 g/mol. The number of nitrogens with zero attached hydrogens (tertiary/aromatic N) is 3. The summed E-state index contributed by atoms with van der Waals surface area (Å²) in [5.74, 6) is 1.20. The summed E-state index contributed by atoms with van der Waals surface area (Å²) >= 11 is 0. The van der Waals surface area contributed by atoms with Crippen LogP contribution >= 0.6 is 0 Å². The number of allylic oxidation sites excluding steroid dienone is 5. The molecule has 0 fully saturated rings. The van der Waals surface area contributed by atoms with E-state index in [1.165, 1.54) is 10.6 Å². The number of H-pyrrole nitrogens is 1. The second kappa shape index (κ2) is 10.7. The van der Waals surface area contributed by atoms with Crippen LogP contribution in [0.1, 0.15) is 30.9 Å². The number of anilines is 1. The van der Waals surface area contributed by atoms with Crippen LogP contribution in [-0.2, 0) is 13.0 Å². The predicted octanol–water partition coefficient (Wildman–Crippen LogP) is 3.91. The van der Waals surface area contributed by atoms with E-state index in [0.29, 0.717) is 30.3 Å². The van der Waals surface area contributed by atoms with Gasteiger partial charge in [-0.15, -0.1) is 0 Å². The minimum Gasteiger partial charge on any atom is -0.508 e. The Morgan fingerprint density at radius 3 is 2.79 bits per heavy atom. The van der Waals surface area contributed by atoms with Gasteiger partial charge in [0, 0.05) is 23.7 Å². The number of rotatable bonds is 7. The van der Waals surface area contributed by atoms with Gasteiger partial charge in [0.05, 0.1) is 12.2 Å². The maximum absolute atomic E-state index is 12.3. The number of benzene rings is 1. The first kappa shape index (κ1) is 21.7. The molecule has 0 atom stereocenters. The van der Waals surface area contributed by atoms with Crippen molar-refractivity contribution >= 4 is 11.5 Å². The Hall–Kier alpha value is -3.61. The zero-order chi connectivity index (χ0) is 21.2. The molecule has 2 aromatic heterocycles. The molecule has 7 nitrogen and oxygen atoms in total. The number of aromatic hydroxyl groups is 1. The number of aromatic nitrogens is 4. The Morgan fingerprint density at radius 2 is 2.03 bits per heavy atom. The summed E-state index contributed by atoms with van der Waals surface area (Å²) in [6.07, 6.45) is 9.76. The molecular formula is C22H27N5O2. The number of nitrogens with one attached hydrogen (secondary N) is 2. The van der Waals surface area contributed by atoms with Crippen LogP contribution in [0.15, 0.2) is 66.0 Å². The largest absolute Gasteiger partial charge is 0.508 e. The third-order valence-electron chi connectivity index (χ3n) is 4.00. The second-order valence-electron chi connectivity index (χ2n) is 5.95. The predicted molar refractivity (Wildman–Crippen MR) is 117 cm³/mol. The van der Waals surface area contributed by atoms with Crippen LogP contribution < -0.4 is 10.9 Å². The minimum atomic E-state index is -0.223. The van der Waals surface area contributed by atoms with Gasteiger partial charge in [-0.1, -0.05) is 56.9 Å². The van der Waals surface area contributed by atoms with Crippen molar-refractivity contribution in [2.45, 2.75) is 33.7 Å². The summed E-state index contributed by atoms with van der Waals surface area (Å²) < 4.78 is 1.33. The SMILES string of the molecule is C=C/C=C\C=C/Cc1nc2nc(CNc3cccc(O)c3C)cc(=O)n2[nH]1.CC. The van der Waals surface area contributed by atoms with Crippen molar-refractivity contribution in [1.29, 1.82) is 0 Å². The van der Waals surface area contributed by atoms with Crippen LogP contribution in [0.5, 0.6) is 5.75 Å². The first-order valence-corrected chi connectivity index (χ1v) is 9.52. The minimum absolute atomic E-state index is 0.219. The lowest BCUT2D eigenvalue weighted by Crippen LogP contribution is -2.17. The molecule has 0 unspecified atom stereocenters. The Balaban J connectivity index is 0.00000145. The lowest BCUT2D eigenvalue weighted by Gasteiger charge is -2.10. The number of fused-ring (bicyclic) bond motifs is 1. The number of aromatic amines is 1. The highest BCUT2D eigenvalue weighted by Gasteiger charge is 2.08. The molecule has 0 aliphatic rings. The lowest BCUT2D eigenvalue weighted by atomic mass is 10.2. The van der Waals surface area contributed by atoms with E-state index in [-0.39, 0.29) is 11.3 Å². The van der Waals surface area contributed by atoms with Crippen LogP contribution in [0.25, 0.3) is 5.78 Å². The maximum atomic E-state index is 12.3. The molecule has 3 N–H and O–H groups in total. The van der Waals surface area contributed by atoms with Crippen LogP contribution in [-0.4, -0.2) is 24.7 Å². The molecule has 0 aliphatic heterocycles. The van der Waals surface area contributed by atoms with E-state index < -0.39 is 0 Å². The molecule has 3 rings (SSSR count). The molecule has 0 spiro atoms. The van der Waals surface area contributed by atoms with Gasteiger partial charge in [-0.25, -0.2) is 4.98 Å². The Labute approximate surface area is 170 Å². The topological polar surface area (TPSA) is 95.3 Å². The summed E-state index contributed by atoms with van der Waals surface area (Å²) in [7, 11) is 0. The molecule has 0 saturated carbocycles. The van der Waals surface area contributed by atoms with Gasteiger partial charge in [0.2, 0.25) is 0 Å². The highest BCUT2D eigenvalue weighted by atomic mass is 16.3. The summed E-state index contributed by atoms with van der Waals surface area (Å²) in [6.45, 7) is 9.78. The number of phenols is 1. The molecule has 1 aromatic carbocycles. The van der Waals surface area contributed by atoms with Crippen LogP contribution in [0, 0.1) is 6.92 Å². The highest BCUT2D eigenvalue weighted by molar-refractivity contribution is 5.56. The van der Waals surface area contributed by atoms with E-state index in [0.717, 1.165) is 11.3 Å². The van der Waals surface area contributed by atoms with Gasteiger partial charge in [0.1, 0.15) is 11.6 Å². The molecular weight excluding hydrogens is 366 g/mol. The summed E-state index contributed by atoms with van der Waals surface area (Å²) in [6, 6.07) is 6.71. The lowest BCUT2D eigenvalue weighted by molar-refractivity contribution is 0.471. The molecule has 0 radical (unpaired) electrons. The number of phenolic OH excluding ortho intramolecular Hbond substituents is 1. The van der Waals surface area contributed by atoms with Gasteiger partial charge in [-0.3, -0.25) is 9.89 Å². The van der Waals surface area contributed by atoms with Gasteiger partial charge in [-0.05, 0) is 19.1 Å². The van der Waals surface area contributed by atoms with Gasteiger partial charge in [0.15, 0.2) is 0 Å². The quantitative estimate of drug-likeness (QED) is 0.529. The van der Waals surface area contributed by atoms with E-state index in [2.05, 4.69) is 27.0 Å². The Morgan fingerprint density at radius 1 is 1.24 bits per heavy atom. The summed E-state index contributed by atoms with van der Waals surface area (Å²) in [5, 5.41) is 15.9. The van der Waals surface area contributed by atoms with Crippen molar-refractivity contribution < 1.29 is 5.11 Å². The van der Waals surface area contributed by atoms with E-state index in [9.17, 15) is 9.90 Å². The van der Waals surface area contributed by atoms with Crippen molar-refractivity contribution in [3.8, 4) is 5.75 Å². The van der Waals surface area contributed by atoms with Gasteiger partial charge in [0.25, 0.3) is 11.3 Å². The van der Waals surface area contributed by atoms with Crippen molar-refractivity contribution in [1.82, 2.24) is 19.6 Å². The van der Waals surface area contributed by atoms with Crippen LogP contribution in [0.4, 0.5) is 5.69 Å². The normalized spacial score (nSPS) is 11.0. The number of hydrogen-bond donors (Lipinski definition) is 3. The molecule has 7 heteroatoms. The highest BCUT2D eigenvalue weighted by Crippen LogP contribution is 2.24. The van der Waals surface area contributed by atoms with Gasteiger partial charge in [-0.2, -0.15) is 9.50 Å². The third-order valence-corrected chi connectivity index (χ3v) is 4.00. The fourth-order valence-corrected chi connectivity index (χ4v) is 2.55. The molecule has 3 aromatic rings. The summed E-state index contributed by atoms with van der Waals surface area (Å²) in [4.78, 5) is 21.1. The first-order chi connectivity index (χ1) is 14.1. The molecule has 2 heterocycles. The van der Waals surface area contributed by atoms with Crippen molar-refractivity contribution in [2.24, 2.45) is 0 Å². The maximum Gasteiger partial charge on any atom is 0.274 e. The van der Waals surface area contributed by atoms with Crippen molar-refractivity contribution in [3.05, 3.63) is 88.7 Å². The third kappa shape index (κ3) is 5.68. The molecule has 29 heavy (non-hydrogen) atoms. The Kier molecular flexibility index (Phi) is 7.97. The van der Waals surface area contributed by atoms with Crippen LogP contribution in [0.3, 0.4) is 0 Å². The van der Waals surface area contributed by atoms with Crippen molar-refractivity contribution in [2.75, 3.05) is 5.32 Å². The van der Waals surface area contributed by atoms with E-state index in [1.807, 2.05) is 51.1 Å². The van der Waals surface area contributed by atoms with Crippen molar-refractivity contribution in [3.63, 3.8) is 0 Å². The Bertz CT molecular complexity index is 1080. The first-order valence-electron chi connectivity index (χ1n) is 9.52. The number of hydrogen-bond acceptors (Lipinski definition) is 5. The van der Waals surface area contributed by atoms with E-state index in [1.54, 1.807) is 18.2 Å². The zero-order valence-corrected chi connectivity index (χ0v) is 17.0. The zero-order valence-electron chi connectivity index (χ0n) is 17.0. The van der Waals surface area contributed by atoms with Gasteiger partial charge >= 0.3 is 0 Å². The van der Waals surface area contributed by atoms with Crippen LogP contribution in [0.2, 0.25) is 0 Å². The molecule has 152 valence electrons. The molecule has 0 saturated heterocycles.